The number of hydrogen-bond donors (Lipinski definition) is 2. The number of hydrogen-bond acceptors (Lipinski definition) is 5. The van der Waals surface area contributed by atoms with Crippen molar-refractivity contribution in [1.29, 1.82) is 0 Å². The summed E-state index contributed by atoms with van der Waals surface area (Å²) in [5.41, 5.74) is 3.50. The first-order valence-electron chi connectivity index (χ1n) is 7.00. The van der Waals surface area contributed by atoms with Crippen molar-refractivity contribution in [3.05, 3.63) is 35.6 Å². The number of nitrogen functional groups attached to an aromatic ring is 1. The molecule has 6 nitrogen and oxygen atoms in total. The van der Waals surface area contributed by atoms with E-state index < -0.39 is 5.91 Å². The van der Waals surface area contributed by atoms with E-state index in [-0.39, 0.29) is 11.9 Å². The molecule has 0 saturated carbocycles. The summed E-state index contributed by atoms with van der Waals surface area (Å²) in [4.78, 5) is 11.8. The van der Waals surface area contributed by atoms with E-state index in [0.717, 1.165) is 23.8 Å². The number of hydrazine groups is 1. The van der Waals surface area contributed by atoms with Crippen LogP contribution in [0.25, 0.3) is 11.0 Å². The summed E-state index contributed by atoms with van der Waals surface area (Å²) in [5.74, 6) is 4.98. The number of fused-ring (bicyclic) bond motifs is 1. The quantitative estimate of drug-likeness (QED) is 0.509. The van der Waals surface area contributed by atoms with Gasteiger partial charge in [-0.2, -0.15) is 0 Å². The highest BCUT2D eigenvalue weighted by molar-refractivity contribution is 5.98. The van der Waals surface area contributed by atoms with Gasteiger partial charge < -0.3 is 13.9 Å². The molecule has 0 unspecified atom stereocenters. The second-order valence-electron chi connectivity index (χ2n) is 5.00. The molecule has 6 heteroatoms. The molecule has 0 aliphatic carbocycles. The zero-order chi connectivity index (χ0) is 14.7. The predicted molar refractivity (Wildman–Crippen MR) is 76.5 cm³/mol. The SMILES string of the molecule is NNC(=O)c1oc2ccccc2c1COC1CCOCC1. The molecule has 2 heterocycles. The molecule has 2 aromatic rings. The van der Waals surface area contributed by atoms with Crippen molar-refractivity contribution in [2.45, 2.75) is 25.6 Å². The number of carbonyl (C=O) groups is 1. The Hall–Kier alpha value is -1.89. The first-order valence-corrected chi connectivity index (χ1v) is 7.00. The third-order valence-corrected chi connectivity index (χ3v) is 3.67. The first-order chi connectivity index (χ1) is 10.3. The third-order valence-electron chi connectivity index (χ3n) is 3.67. The monoisotopic (exact) mass is 290 g/mol. The van der Waals surface area contributed by atoms with Gasteiger partial charge in [0, 0.05) is 24.2 Å². The van der Waals surface area contributed by atoms with Crippen molar-refractivity contribution in [3.63, 3.8) is 0 Å². The minimum absolute atomic E-state index is 0.154. The molecule has 1 aromatic heterocycles. The second kappa shape index (κ2) is 6.26. The molecule has 0 atom stereocenters. The number of benzene rings is 1. The van der Waals surface area contributed by atoms with Crippen LogP contribution < -0.4 is 11.3 Å². The highest BCUT2D eigenvalue weighted by Crippen LogP contribution is 2.27. The fraction of sp³-hybridized carbons (Fsp3) is 0.400. The summed E-state index contributed by atoms with van der Waals surface area (Å²) < 4.78 is 16.8. The summed E-state index contributed by atoms with van der Waals surface area (Å²) >= 11 is 0. The van der Waals surface area contributed by atoms with Crippen LogP contribution in [0.15, 0.2) is 28.7 Å². The molecule has 1 aliphatic rings. The van der Waals surface area contributed by atoms with Gasteiger partial charge in [-0.05, 0) is 18.9 Å². The standard InChI is InChI=1S/C15H18N2O4/c16-17-15(18)14-12(9-20-10-5-7-19-8-6-10)11-3-1-2-4-13(11)21-14/h1-4,10H,5-9,16H2,(H,17,18). The largest absolute Gasteiger partial charge is 0.450 e. The molecule has 0 spiro atoms. The summed E-state index contributed by atoms with van der Waals surface area (Å²) in [6.45, 7) is 1.75. The van der Waals surface area contributed by atoms with Crippen LogP contribution in [0.4, 0.5) is 0 Å². The van der Waals surface area contributed by atoms with Crippen molar-refractivity contribution >= 4 is 16.9 Å². The van der Waals surface area contributed by atoms with E-state index in [0.29, 0.717) is 25.4 Å². The summed E-state index contributed by atoms with van der Waals surface area (Å²) in [6.07, 6.45) is 1.89. The highest BCUT2D eigenvalue weighted by Gasteiger charge is 2.22. The number of nitrogens with one attached hydrogen (secondary N) is 1. The van der Waals surface area contributed by atoms with Crippen LogP contribution in [0.1, 0.15) is 29.0 Å². The van der Waals surface area contributed by atoms with Gasteiger partial charge >= 0.3 is 5.91 Å². The normalized spacial score (nSPS) is 16.2. The second-order valence-corrected chi connectivity index (χ2v) is 5.00. The van der Waals surface area contributed by atoms with Gasteiger partial charge in [0.05, 0.1) is 12.7 Å². The number of carbonyl (C=O) groups excluding carboxylic acids is 1. The lowest BCUT2D eigenvalue weighted by Crippen LogP contribution is -2.30. The molecule has 1 saturated heterocycles. The number of para-hydroxylation sites is 1. The fourth-order valence-electron chi connectivity index (χ4n) is 2.53. The van der Waals surface area contributed by atoms with Crippen LogP contribution >= 0.6 is 0 Å². The molecule has 1 amide bonds. The van der Waals surface area contributed by atoms with Crippen LogP contribution in [0.5, 0.6) is 0 Å². The molecular weight excluding hydrogens is 272 g/mol. The van der Waals surface area contributed by atoms with Crippen LogP contribution in [0.3, 0.4) is 0 Å². The van der Waals surface area contributed by atoms with E-state index in [9.17, 15) is 4.79 Å². The molecule has 1 aromatic carbocycles. The van der Waals surface area contributed by atoms with Gasteiger partial charge in [-0.25, -0.2) is 5.84 Å². The van der Waals surface area contributed by atoms with Crippen LogP contribution in [-0.2, 0) is 16.1 Å². The molecular formula is C15H18N2O4. The number of nitrogens with two attached hydrogens (primary N) is 1. The van der Waals surface area contributed by atoms with E-state index in [1.807, 2.05) is 24.3 Å². The third kappa shape index (κ3) is 2.92. The van der Waals surface area contributed by atoms with Crippen LogP contribution in [-0.4, -0.2) is 25.2 Å². The van der Waals surface area contributed by atoms with Gasteiger partial charge in [-0.1, -0.05) is 18.2 Å². The topological polar surface area (TPSA) is 86.7 Å². The average Bonchev–Trinajstić information content (AvgIpc) is 2.92. The molecule has 21 heavy (non-hydrogen) atoms. The van der Waals surface area contributed by atoms with Crippen molar-refractivity contribution in [3.8, 4) is 0 Å². The van der Waals surface area contributed by atoms with E-state index in [4.69, 9.17) is 19.7 Å². The van der Waals surface area contributed by atoms with Crippen LogP contribution in [0, 0.1) is 0 Å². The Bertz CT molecular complexity index is 632. The number of furan rings is 1. The van der Waals surface area contributed by atoms with Gasteiger partial charge in [0.2, 0.25) is 0 Å². The Morgan fingerprint density at radius 2 is 2.10 bits per heavy atom. The van der Waals surface area contributed by atoms with Gasteiger partial charge in [0.1, 0.15) is 5.58 Å². The maximum atomic E-state index is 11.8. The molecule has 3 N–H and O–H groups in total. The molecule has 0 radical (unpaired) electrons. The summed E-state index contributed by atoms with van der Waals surface area (Å²) in [7, 11) is 0. The zero-order valence-corrected chi connectivity index (χ0v) is 11.6. The number of amides is 1. The molecule has 112 valence electrons. The minimum Gasteiger partial charge on any atom is -0.450 e. The van der Waals surface area contributed by atoms with Gasteiger partial charge in [-0.15, -0.1) is 0 Å². The van der Waals surface area contributed by atoms with Crippen LogP contribution in [0.2, 0.25) is 0 Å². The predicted octanol–water partition coefficient (Wildman–Crippen LogP) is 1.73. The highest BCUT2D eigenvalue weighted by atomic mass is 16.5. The van der Waals surface area contributed by atoms with Crippen molar-refractivity contribution in [2.24, 2.45) is 5.84 Å². The maximum Gasteiger partial charge on any atom is 0.301 e. The summed E-state index contributed by atoms with van der Waals surface area (Å²) in [5, 5.41) is 0.878. The van der Waals surface area contributed by atoms with Crippen molar-refractivity contribution < 1.29 is 18.7 Å². The van der Waals surface area contributed by atoms with E-state index in [2.05, 4.69) is 5.43 Å². The van der Waals surface area contributed by atoms with Gasteiger partial charge in [0.25, 0.3) is 0 Å². The molecule has 3 rings (SSSR count). The zero-order valence-electron chi connectivity index (χ0n) is 11.6. The van der Waals surface area contributed by atoms with Gasteiger partial charge in [0.15, 0.2) is 5.76 Å². The lowest BCUT2D eigenvalue weighted by atomic mass is 10.1. The van der Waals surface area contributed by atoms with E-state index >= 15 is 0 Å². The van der Waals surface area contributed by atoms with E-state index in [1.54, 1.807) is 0 Å². The fourth-order valence-corrected chi connectivity index (χ4v) is 2.53. The van der Waals surface area contributed by atoms with Crippen molar-refractivity contribution in [1.82, 2.24) is 5.43 Å². The Morgan fingerprint density at radius 1 is 1.33 bits per heavy atom. The van der Waals surface area contributed by atoms with E-state index in [1.165, 1.54) is 0 Å². The lowest BCUT2D eigenvalue weighted by Gasteiger charge is -2.22. The number of ether oxygens (including phenoxy) is 2. The Balaban J connectivity index is 1.85. The molecule has 1 aliphatic heterocycles. The molecule has 0 bridgehead atoms. The maximum absolute atomic E-state index is 11.8. The Kier molecular flexibility index (Phi) is 4.19. The lowest BCUT2D eigenvalue weighted by molar-refractivity contribution is -0.0390. The summed E-state index contributed by atoms with van der Waals surface area (Å²) in [6, 6.07) is 7.49. The molecule has 1 fully saturated rings. The average molecular weight is 290 g/mol. The van der Waals surface area contributed by atoms with Gasteiger partial charge in [-0.3, -0.25) is 10.2 Å². The Morgan fingerprint density at radius 3 is 2.86 bits per heavy atom. The first kappa shape index (κ1) is 14.1. The smallest absolute Gasteiger partial charge is 0.301 e. The Labute approximate surface area is 122 Å². The minimum atomic E-state index is -0.447. The number of rotatable bonds is 4. The van der Waals surface area contributed by atoms with Crippen molar-refractivity contribution in [2.75, 3.05) is 13.2 Å².